The lowest BCUT2D eigenvalue weighted by atomic mass is 10.1. The first-order valence-electron chi connectivity index (χ1n) is 5.71. The van der Waals surface area contributed by atoms with Crippen LogP contribution in [0.25, 0.3) is 0 Å². The molecule has 0 aliphatic carbocycles. The van der Waals surface area contributed by atoms with Crippen LogP contribution in [0.3, 0.4) is 0 Å². The summed E-state index contributed by atoms with van der Waals surface area (Å²) < 4.78 is 0. The van der Waals surface area contributed by atoms with Gasteiger partial charge in [0.25, 0.3) is 0 Å². The number of benzene rings is 1. The summed E-state index contributed by atoms with van der Waals surface area (Å²) in [5, 5.41) is 0.785. The average molecular weight is 260 g/mol. The molecule has 1 rings (SSSR count). The van der Waals surface area contributed by atoms with Crippen LogP contribution in [0.15, 0.2) is 18.2 Å². The minimum absolute atomic E-state index is 0.509. The van der Waals surface area contributed by atoms with E-state index in [9.17, 15) is 0 Å². The Morgan fingerprint density at radius 3 is 2.31 bits per heavy atom. The Morgan fingerprint density at radius 1 is 1.25 bits per heavy atom. The molecule has 0 unspecified atom stereocenters. The second-order valence-electron chi connectivity index (χ2n) is 4.00. The monoisotopic (exact) mass is 259 g/mol. The molecule has 0 amide bonds. The second kappa shape index (κ2) is 6.36. The molecule has 0 aliphatic heterocycles. The Balaban J connectivity index is 2.95. The lowest BCUT2D eigenvalue weighted by Crippen LogP contribution is -2.30. The molecule has 0 heterocycles. The predicted octanol–water partition coefficient (Wildman–Crippen LogP) is 4.70. The van der Waals surface area contributed by atoms with Crippen LogP contribution in [0.5, 0.6) is 0 Å². The molecule has 0 bridgehead atoms. The van der Waals surface area contributed by atoms with Crippen molar-refractivity contribution in [3.63, 3.8) is 0 Å². The second-order valence-corrected chi connectivity index (χ2v) is 4.68. The first kappa shape index (κ1) is 13.7. The van der Waals surface area contributed by atoms with Crippen molar-refractivity contribution in [3.05, 3.63) is 28.8 Å². The van der Waals surface area contributed by atoms with Crippen LogP contribution in [0.4, 0.5) is 5.69 Å². The third-order valence-corrected chi connectivity index (χ3v) is 3.65. The Morgan fingerprint density at radius 2 is 1.88 bits per heavy atom. The van der Waals surface area contributed by atoms with Crippen LogP contribution in [0.2, 0.25) is 5.02 Å². The zero-order chi connectivity index (χ0) is 12.1. The number of hydrogen-bond acceptors (Lipinski definition) is 1. The van der Waals surface area contributed by atoms with Gasteiger partial charge in [0.05, 0.1) is 10.7 Å². The molecule has 1 nitrogen and oxygen atoms in total. The van der Waals surface area contributed by atoms with Crippen molar-refractivity contribution in [2.75, 3.05) is 11.9 Å². The van der Waals surface area contributed by atoms with Crippen LogP contribution in [0.1, 0.15) is 32.3 Å². The van der Waals surface area contributed by atoms with Gasteiger partial charge in [-0.3, -0.25) is 0 Å². The van der Waals surface area contributed by atoms with Crippen LogP contribution in [-0.2, 0) is 5.88 Å². The summed E-state index contributed by atoms with van der Waals surface area (Å²) >= 11 is 12.0. The van der Waals surface area contributed by atoms with E-state index in [1.807, 2.05) is 12.1 Å². The number of halogens is 2. The summed E-state index contributed by atoms with van der Waals surface area (Å²) in [5.74, 6) is 0.509. The first-order valence-corrected chi connectivity index (χ1v) is 6.62. The maximum Gasteiger partial charge on any atom is 0.0642 e. The fraction of sp³-hybridized carbons (Fsp3) is 0.538. The van der Waals surface area contributed by atoms with Gasteiger partial charge in [0.2, 0.25) is 0 Å². The number of nitrogens with zero attached hydrogens (tertiary/aromatic N) is 1. The van der Waals surface area contributed by atoms with Crippen molar-refractivity contribution in [1.29, 1.82) is 0 Å². The fourth-order valence-electron chi connectivity index (χ4n) is 1.95. The normalized spacial score (nSPS) is 10.9. The van der Waals surface area contributed by atoms with Crippen LogP contribution < -0.4 is 4.90 Å². The first-order chi connectivity index (χ1) is 7.63. The van der Waals surface area contributed by atoms with E-state index in [1.54, 1.807) is 0 Å². The van der Waals surface area contributed by atoms with E-state index in [1.165, 1.54) is 0 Å². The van der Waals surface area contributed by atoms with Crippen molar-refractivity contribution in [3.8, 4) is 0 Å². The molecule has 0 N–H and O–H groups in total. The van der Waals surface area contributed by atoms with Gasteiger partial charge in [0.15, 0.2) is 0 Å². The third-order valence-electron chi connectivity index (χ3n) is 3.04. The largest absolute Gasteiger partial charge is 0.370 e. The predicted molar refractivity (Wildman–Crippen MR) is 73.8 cm³/mol. The summed E-state index contributed by atoms with van der Waals surface area (Å²) in [6.45, 7) is 4.40. The molecule has 90 valence electrons. The topological polar surface area (TPSA) is 3.24 Å². The summed E-state index contributed by atoms with van der Waals surface area (Å²) in [4.78, 5) is 2.25. The molecule has 0 radical (unpaired) electrons. The zero-order valence-electron chi connectivity index (χ0n) is 10.1. The Labute approximate surface area is 108 Å². The number of alkyl halides is 1. The Kier molecular flexibility index (Phi) is 5.43. The van der Waals surface area contributed by atoms with Gasteiger partial charge in [-0.05, 0) is 30.5 Å². The molecule has 1 aromatic rings. The highest BCUT2D eigenvalue weighted by atomic mass is 35.5. The average Bonchev–Trinajstić information content (AvgIpc) is 2.30. The highest BCUT2D eigenvalue weighted by molar-refractivity contribution is 6.33. The summed E-state index contributed by atoms with van der Waals surface area (Å²) in [6.07, 6.45) is 2.25. The number of rotatable bonds is 5. The minimum Gasteiger partial charge on any atom is -0.370 e. The van der Waals surface area contributed by atoms with Gasteiger partial charge in [-0.25, -0.2) is 0 Å². The summed E-state index contributed by atoms with van der Waals surface area (Å²) in [7, 11) is 2.10. The molecular formula is C13H19Cl2N. The van der Waals surface area contributed by atoms with Gasteiger partial charge < -0.3 is 4.90 Å². The van der Waals surface area contributed by atoms with E-state index in [0.717, 1.165) is 29.1 Å². The molecule has 0 spiro atoms. The summed E-state index contributed by atoms with van der Waals surface area (Å²) in [5.41, 5.74) is 2.15. The minimum atomic E-state index is 0.509. The van der Waals surface area contributed by atoms with E-state index in [4.69, 9.17) is 23.2 Å². The maximum absolute atomic E-state index is 6.26. The quantitative estimate of drug-likeness (QED) is 0.693. The Hall–Kier alpha value is -0.400. The van der Waals surface area contributed by atoms with Crippen LogP contribution in [0, 0.1) is 0 Å². The van der Waals surface area contributed by atoms with Gasteiger partial charge in [-0.2, -0.15) is 0 Å². The van der Waals surface area contributed by atoms with Crippen molar-refractivity contribution in [2.45, 2.75) is 38.6 Å². The van der Waals surface area contributed by atoms with Gasteiger partial charge in [-0.15, -0.1) is 11.6 Å². The highest BCUT2D eigenvalue weighted by Crippen LogP contribution is 2.29. The van der Waals surface area contributed by atoms with Gasteiger partial charge in [0, 0.05) is 19.0 Å². The van der Waals surface area contributed by atoms with E-state index in [-0.39, 0.29) is 0 Å². The van der Waals surface area contributed by atoms with Gasteiger partial charge in [0.1, 0.15) is 0 Å². The molecular weight excluding hydrogens is 241 g/mol. The molecule has 0 fully saturated rings. The van der Waals surface area contributed by atoms with E-state index < -0.39 is 0 Å². The van der Waals surface area contributed by atoms with E-state index in [0.29, 0.717) is 11.9 Å². The molecule has 16 heavy (non-hydrogen) atoms. The molecule has 3 heteroatoms. The lowest BCUT2D eigenvalue weighted by Gasteiger charge is -2.29. The molecule has 0 aromatic heterocycles. The highest BCUT2D eigenvalue weighted by Gasteiger charge is 2.13. The standard InChI is InChI=1S/C13H19Cl2N/c1-4-11(5-2)16(3)13-7-6-10(9-14)8-12(13)15/h6-8,11H,4-5,9H2,1-3H3. The molecule has 0 aliphatic rings. The molecule has 0 saturated carbocycles. The molecule has 1 aromatic carbocycles. The molecule has 0 atom stereocenters. The van der Waals surface area contributed by atoms with Gasteiger partial charge in [-0.1, -0.05) is 31.5 Å². The smallest absolute Gasteiger partial charge is 0.0642 e. The van der Waals surface area contributed by atoms with Crippen molar-refractivity contribution < 1.29 is 0 Å². The van der Waals surface area contributed by atoms with Crippen LogP contribution >= 0.6 is 23.2 Å². The van der Waals surface area contributed by atoms with Crippen LogP contribution in [-0.4, -0.2) is 13.1 Å². The van der Waals surface area contributed by atoms with Crippen molar-refractivity contribution in [2.24, 2.45) is 0 Å². The fourth-order valence-corrected chi connectivity index (χ4v) is 2.46. The third kappa shape index (κ3) is 3.05. The number of hydrogen-bond donors (Lipinski definition) is 0. The van der Waals surface area contributed by atoms with E-state index in [2.05, 4.69) is 31.9 Å². The van der Waals surface area contributed by atoms with Gasteiger partial charge >= 0.3 is 0 Å². The van der Waals surface area contributed by atoms with E-state index >= 15 is 0 Å². The van der Waals surface area contributed by atoms with Crippen molar-refractivity contribution in [1.82, 2.24) is 0 Å². The maximum atomic E-state index is 6.26. The zero-order valence-corrected chi connectivity index (χ0v) is 11.6. The van der Waals surface area contributed by atoms with Crippen molar-refractivity contribution >= 4 is 28.9 Å². The lowest BCUT2D eigenvalue weighted by molar-refractivity contribution is 0.592. The number of anilines is 1. The summed E-state index contributed by atoms with van der Waals surface area (Å²) in [6, 6.07) is 6.58. The molecule has 0 saturated heterocycles. The SMILES string of the molecule is CCC(CC)N(C)c1ccc(CCl)cc1Cl. The Bertz CT molecular complexity index is 335.